The highest BCUT2D eigenvalue weighted by Crippen LogP contribution is 2.38. The number of carbonyl (C=O) groups is 2. The van der Waals surface area contributed by atoms with E-state index in [4.69, 9.17) is 0 Å². The minimum absolute atomic E-state index is 0.00437. The van der Waals surface area contributed by atoms with Gasteiger partial charge in [-0.05, 0) is 49.5 Å². The number of carbonyl (C=O) groups excluding carboxylic acids is 2. The summed E-state index contributed by atoms with van der Waals surface area (Å²) in [7, 11) is 0. The third kappa shape index (κ3) is 2.75. The molecule has 2 aliphatic carbocycles. The fraction of sp³-hybridized carbons (Fsp3) is 0.333. The Morgan fingerprint density at radius 2 is 2.25 bits per heavy atom. The zero-order chi connectivity index (χ0) is 16.5. The van der Waals surface area contributed by atoms with Gasteiger partial charge in [-0.3, -0.25) is 14.3 Å². The van der Waals surface area contributed by atoms with Crippen LogP contribution < -0.4 is 5.32 Å². The normalized spacial score (nSPS) is 24.3. The molecule has 1 aromatic rings. The molecule has 1 aliphatic heterocycles. The van der Waals surface area contributed by atoms with Gasteiger partial charge in [-0.2, -0.15) is 5.10 Å². The molecule has 0 bridgehead atoms. The Balaban J connectivity index is 1.56. The molecule has 122 valence electrons. The van der Waals surface area contributed by atoms with Crippen molar-refractivity contribution in [1.29, 1.82) is 0 Å². The van der Waals surface area contributed by atoms with Crippen LogP contribution in [0, 0.1) is 5.92 Å². The SMILES string of the molecule is O=C(Cn1cccn1)N=C1C=CC2C(=C1)NC(=O)C1=C2CCCC1. The van der Waals surface area contributed by atoms with Gasteiger partial charge >= 0.3 is 0 Å². The van der Waals surface area contributed by atoms with E-state index in [1.165, 1.54) is 10.3 Å². The van der Waals surface area contributed by atoms with Gasteiger partial charge < -0.3 is 5.32 Å². The van der Waals surface area contributed by atoms with Gasteiger partial charge in [0.1, 0.15) is 6.54 Å². The Kier molecular flexibility index (Phi) is 3.72. The molecule has 0 spiro atoms. The zero-order valence-corrected chi connectivity index (χ0v) is 13.2. The van der Waals surface area contributed by atoms with Crippen LogP contribution in [-0.2, 0) is 16.1 Å². The predicted octanol–water partition coefficient (Wildman–Crippen LogP) is 1.92. The van der Waals surface area contributed by atoms with Crippen molar-refractivity contribution in [3.05, 3.63) is 53.5 Å². The molecule has 1 unspecified atom stereocenters. The Morgan fingerprint density at radius 3 is 3.08 bits per heavy atom. The first-order valence-electron chi connectivity index (χ1n) is 8.23. The van der Waals surface area contributed by atoms with E-state index < -0.39 is 0 Å². The van der Waals surface area contributed by atoms with E-state index in [1.807, 2.05) is 18.2 Å². The van der Waals surface area contributed by atoms with Crippen molar-refractivity contribution in [2.75, 3.05) is 0 Å². The first-order valence-corrected chi connectivity index (χ1v) is 8.23. The molecule has 6 heteroatoms. The summed E-state index contributed by atoms with van der Waals surface area (Å²) >= 11 is 0. The lowest BCUT2D eigenvalue weighted by Crippen LogP contribution is -2.37. The van der Waals surface area contributed by atoms with Crippen LogP contribution in [0.25, 0.3) is 0 Å². The van der Waals surface area contributed by atoms with Gasteiger partial charge in [0, 0.05) is 29.6 Å². The number of hydrogen-bond acceptors (Lipinski definition) is 3. The molecule has 4 rings (SSSR count). The average molecular weight is 322 g/mol. The van der Waals surface area contributed by atoms with E-state index in [-0.39, 0.29) is 24.3 Å². The number of nitrogens with one attached hydrogen (secondary N) is 1. The second-order valence-electron chi connectivity index (χ2n) is 6.24. The van der Waals surface area contributed by atoms with Gasteiger partial charge in [0.15, 0.2) is 0 Å². The van der Waals surface area contributed by atoms with Crippen LogP contribution in [-0.4, -0.2) is 27.3 Å². The van der Waals surface area contributed by atoms with Crippen molar-refractivity contribution in [3.63, 3.8) is 0 Å². The van der Waals surface area contributed by atoms with Crippen molar-refractivity contribution < 1.29 is 9.59 Å². The Bertz CT molecular complexity index is 812. The number of fused-ring (bicyclic) bond motifs is 2. The molecule has 0 saturated heterocycles. The molecule has 2 amide bonds. The lowest BCUT2D eigenvalue weighted by atomic mass is 9.77. The van der Waals surface area contributed by atoms with Gasteiger partial charge in [-0.1, -0.05) is 6.08 Å². The summed E-state index contributed by atoms with van der Waals surface area (Å²) in [5.74, 6) is -0.142. The van der Waals surface area contributed by atoms with Crippen molar-refractivity contribution in [2.45, 2.75) is 32.2 Å². The van der Waals surface area contributed by atoms with Crippen LogP contribution in [0.4, 0.5) is 0 Å². The van der Waals surface area contributed by atoms with Crippen LogP contribution in [0.2, 0.25) is 0 Å². The van der Waals surface area contributed by atoms with Crippen LogP contribution in [0.5, 0.6) is 0 Å². The summed E-state index contributed by atoms with van der Waals surface area (Å²) in [6, 6.07) is 1.76. The summed E-state index contributed by atoms with van der Waals surface area (Å²) < 4.78 is 1.54. The van der Waals surface area contributed by atoms with Crippen molar-refractivity contribution >= 4 is 17.5 Å². The number of allylic oxidation sites excluding steroid dienone is 3. The quantitative estimate of drug-likeness (QED) is 0.904. The second kappa shape index (κ2) is 6.03. The van der Waals surface area contributed by atoms with Gasteiger partial charge in [0.05, 0.1) is 5.71 Å². The molecule has 0 saturated carbocycles. The van der Waals surface area contributed by atoms with Gasteiger partial charge in [0.25, 0.3) is 11.8 Å². The van der Waals surface area contributed by atoms with E-state index in [0.29, 0.717) is 5.71 Å². The number of nitrogens with zero attached hydrogens (tertiary/aromatic N) is 3. The summed E-state index contributed by atoms with van der Waals surface area (Å²) in [5.41, 5.74) is 3.57. The maximum atomic E-state index is 12.3. The summed E-state index contributed by atoms with van der Waals surface area (Å²) in [6.07, 6.45) is 13.1. The highest BCUT2D eigenvalue weighted by atomic mass is 16.2. The highest BCUT2D eigenvalue weighted by molar-refractivity contribution is 6.11. The van der Waals surface area contributed by atoms with Crippen molar-refractivity contribution in [3.8, 4) is 0 Å². The maximum absolute atomic E-state index is 12.3. The number of aromatic nitrogens is 2. The van der Waals surface area contributed by atoms with E-state index in [9.17, 15) is 9.59 Å². The van der Waals surface area contributed by atoms with Gasteiger partial charge in [-0.25, -0.2) is 4.99 Å². The van der Waals surface area contributed by atoms with Crippen LogP contribution in [0.3, 0.4) is 0 Å². The van der Waals surface area contributed by atoms with Gasteiger partial charge in [-0.15, -0.1) is 0 Å². The Morgan fingerprint density at radius 1 is 1.38 bits per heavy atom. The van der Waals surface area contributed by atoms with Crippen LogP contribution in [0.1, 0.15) is 25.7 Å². The first-order chi connectivity index (χ1) is 11.7. The molecule has 0 radical (unpaired) electrons. The molecule has 1 aromatic heterocycles. The standard InChI is InChI=1S/C18H18N4O2/c23-17(11-22-9-3-8-19-22)20-12-6-7-14-13-4-1-2-5-15(13)18(24)21-16(14)10-12/h3,6-10,14H,1-2,4-5,11H2,(H,21,24). The second-order valence-corrected chi connectivity index (χ2v) is 6.24. The minimum atomic E-state index is -0.270. The topological polar surface area (TPSA) is 76.3 Å². The fourth-order valence-corrected chi connectivity index (χ4v) is 3.53. The maximum Gasteiger partial charge on any atom is 0.267 e. The molecule has 1 atom stereocenters. The lowest BCUT2D eigenvalue weighted by molar-refractivity contribution is -0.118. The van der Waals surface area contributed by atoms with E-state index in [0.717, 1.165) is 37.0 Å². The molecule has 3 aliphatic rings. The third-order valence-corrected chi connectivity index (χ3v) is 4.63. The fourth-order valence-electron chi connectivity index (χ4n) is 3.53. The van der Waals surface area contributed by atoms with Crippen LogP contribution in [0.15, 0.2) is 58.5 Å². The third-order valence-electron chi connectivity index (χ3n) is 4.63. The lowest BCUT2D eigenvalue weighted by Gasteiger charge is -2.33. The monoisotopic (exact) mass is 322 g/mol. The average Bonchev–Trinajstić information content (AvgIpc) is 3.08. The molecular weight excluding hydrogens is 304 g/mol. The Hall–Kier alpha value is -2.76. The number of aliphatic imine (C=N–C) groups is 1. The molecule has 1 N–H and O–H groups in total. The molecule has 6 nitrogen and oxygen atoms in total. The predicted molar refractivity (Wildman–Crippen MR) is 89.0 cm³/mol. The molecule has 0 fully saturated rings. The van der Waals surface area contributed by atoms with Crippen LogP contribution >= 0.6 is 0 Å². The molecule has 0 aromatic carbocycles. The van der Waals surface area contributed by atoms with Crippen molar-refractivity contribution in [2.24, 2.45) is 10.9 Å². The van der Waals surface area contributed by atoms with E-state index in [2.05, 4.69) is 15.4 Å². The minimum Gasteiger partial charge on any atom is -0.325 e. The molecule has 24 heavy (non-hydrogen) atoms. The molecular formula is C18H18N4O2. The number of amides is 2. The Labute approximate surface area is 139 Å². The first kappa shape index (κ1) is 14.8. The summed E-state index contributed by atoms with van der Waals surface area (Å²) in [4.78, 5) is 28.4. The smallest absolute Gasteiger partial charge is 0.267 e. The number of rotatable bonds is 2. The number of hydrogen-bond donors (Lipinski definition) is 1. The largest absolute Gasteiger partial charge is 0.325 e. The van der Waals surface area contributed by atoms with E-state index >= 15 is 0 Å². The summed E-state index contributed by atoms with van der Waals surface area (Å²) in [5, 5.41) is 6.97. The van der Waals surface area contributed by atoms with Gasteiger partial charge in [0.2, 0.25) is 0 Å². The zero-order valence-electron chi connectivity index (χ0n) is 13.2. The highest BCUT2D eigenvalue weighted by Gasteiger charge is 2.32. The van der Waals surface area contributed by atoms with E-state index in [1.54, 1.807) is 18.5 Å². The molecule has 2 heterocycles. The summed E-state index contributed by atoms with van der Waals surface area (Å²) in [6.45, 7) is 0.110. The van der Waals surface area contributed by atoms with Crippen molar-refractivity contribution in [1.82, 2.24) is 15.1 Å².